The Morgan fingerprint density at radius 1 is 0.750 bits per heavy atom. The maximum atomic E-state index is 11.4. The molecule has 0 fully saturated rings. The van der Waals surface area contributed by atoms with E-state index in [1.807, 2.05) is 60.7 Å². The molecule has 0 spiro atoms. The molecule has 0 unspecified atom stereocenters. The number of nitrogens with two attached hydrogens (primary N) is 1. The molecule has 0 aliphatic heterocycles. The molecule has 0 saturated heterocycles. The predicted molar refractivity (Wildman–Crippen MR) is 150 cm³/mol. The van der Waals surface area contributed by atoms with E-state index in [2.05, 4.69) is 37.3 Å². The molecule has 184 valence electrons. The van der Waals surface area contributed by atoms with Crippen molar-refractivity contribution in [1.29, 1.82) is 0 Å². The molecule has 5 aromatic rings. The average Bonchev–Trinajstić information content (AvgIpc) is 3.56. The first-order valence-electron chi connectivity index (χ1n) is 10.9. The summed E-state index contributed by atoms with van der Waals surface area (Å²) in [5.74, 6) is 1.48. The van der Waals surface area contributed by atoms with E-state index < -0.39 is 10.0 Å². The number of anilines is 2. The van der Waals surface area contributed by atoms with Gasteiger partial charge < -0.3 is 15.7 Å². The summed E-state index contributed by atoms with van der Waals surface area (Å²) in [6.45, 7) is 0. The number of nitrogen functional groups attached to an aromatic ring is 1. The van der Waals surface area contributed by atoms with Gasteiger partial charge in [-0.25, -0.2) is 18.4 Å². The van der Waals surface area contributed by atoms with Crippen molar-refractivity contribution < 1.29 is 8.42 Å². The second kappa shape index (κ2) is 10.7. The van der Waals surface area contributed by atoms with Crippen molar-refractivity contribution in [3.8, 4) is 45.3 Å². The van der Waals surface area contributed by atoms with E-state index >= 15 is 0 Å². The molecule has 10 heteroatoms. The van der Waals surface area contributed by atoms with Gasteiger partial charge in [-0.3, -0.25) is 4.72 Å². The number of thiol groups is 1. The minimum atomic E-state index is -3.31. The van der Waals surface area contributed by atoms with Crippen molar-refractivity contribution in [3.05, 3.63) is 85.2 Å². The third-order valence-electron chi connectivity index (χ3n) is 5.28. The molecular formula is C26H26N6O2S2. The first kappa shape index (κ1) is 25.1. The van der Waals surface area contributed by atoms with Gasteiger partial charge >= 0.3 is 0 Å². The largest absolute Gasteiger partial charge is 0.399 e. The van der Waals surface area contributed by atoms with Crippen molar-refractivity contribution in [2.45, 2.75) is 0 Å². The third kappa shape index (κ3) is 5.96. The SMILES string of the molecule is CS.CS(=O)(=O)Nc1ccc(-c2cnc(-c3cccc(-c4ncc(-c5ccc(N)cc5)[nH]4)c3)[nH]2)cc1. The number of H-pyrrole nitrogens is 2. The van der Waals surface area contributed by atoms with Crippen LogP contribution >= 0.6 is 12.6 Å². The lowest BCUT2D eigenvalue weighted by molar-refractivity contribution is 0.607. The number of sulfonamides is 1. The van der Waals surface area contributed by atoms with Crippen LogP contribution in [0.3, 0.4) is 0 Å². The van der Waals surface area contributed by atoms with Gasteiger partial charge in [0.1, 0.15) is 11.6 Å². The first-order chi connectivity index (χ1) is 17.3. The van der Waals surface area contributed by atoms with Gasteiger partial charge in [-0.05, 0) is 47.7 Å². The molecule has 36 heavy (non-hydrogen) atoms. The molecule has 3 aromatic carbocycles. The van der Waals surface area contributed by atoms with Crippen LogP contribution < -0.4 is 10.5 Å². The van der Waals surface area contributed by atoms with Crippen LogP contribution in [0.1, 0.15) is 0 Å². The molecule has 0 bridgehead atoms. The molecular weight excluding hydrogens is 492 g/mol. The van der Waals surface area contributed by atoms with E-state index in [4.69, 9.17) is 5.73 Å². The van der Waals surface area contributed by atoms with Crippen LogP contribution in [0.2, 0.25) is 0 Å². The second-order valence-electron chi connectivity index (χ2n) is 7.95. The summed E-state index contributed by atoms with van der Waals surface area (Å²) < 4.78 is 25.2. The second-order valence-corrected chi connectivity index (χ2v) is 9.69. The molecule has 8 nitrogen and oxygen atoms in total. The maximum Gasteiger partial charge on any atom is 0.229 e. The van der Waals surface area contributed by atoms with E-state index in [0.717, 1.165) is 57.2 Å². The third-order valence-corrected chi connectivity index (χ3v) is 5.89. The summed E-state index contributed by atoms with van der Waals surface area (Å²) in [7, 11) is -3.31. The van der Waals surface area contributed by atoms with Crippen LogP contribution in [0.15, 0.2) is 85.2 Å². The monoisotopic (exact) mass is 518 g/mol. The quantitative estimate of drug-likeness (QED) is 0.154. The lowest BCUT2D eigenvalue weighted by Crippen LogP contribution is -2.09. The van der Waals surface area contributed by atoms with Crippen LogP contribution in [-0.2, 0) is 10.0 Å². The fourth-order valence-corrected chi connectivity index (χ4v) is 4.20. The fraction of sp³-hybridized carbons (Fsp3) is 0.0769. The molecule has 5 rings (SSSR count). The van der Waals surface area contributed by atoms with Gasteiger partial charge in [0.05, 0.1) is 30.0 Å². The number of nitrogens with one attached hydrogen (secondary N) is 3. The topological polar surface area (TPSA) is 130 Å². The van der Waals surface area contributed by atoms with Crippen LogP contribution in [-0.4, -0.2) is 40.9 Å². The minimum Gasteiger partial charge on any atom is -0.399 e. The van der Waals surface area contributed by atoms with E-state index in [1.165, 1.54) is 0 Å². The lowest BCUT2D eigenvalue weighted by Gasteiger charge is -2.04. The van der Waals surface area contributed by atoms with E-state index in [1.54, 1.807) is 30.8 Å². The van der Waals surface area contributed by atoms with Crippen molar-refractivity contribution in [1.82, 2.24) is 19.9 Å². The summed E-state index contributed by atoms with van der Waals surface area (Å²) in [5, 5.41) is 0. The molecule has 0 aliphatic rings. The molecule has 0 aliphatic carbocycles. The Balaban J connectivity index is 0.00000148. The average molecular weight is 519 g/mol. The zero-order valence-corrected chi connectivity index (χ0v) is 21.4. The van der Waals surface area contributed by atoms with Crippen molar-refractivity contribution in [2.75, 3.05) is 23.0 Å². The number of hydrogen-bond acceptors (Lipinski definition) is 6. The summed E-state index contributed by atoms with van der Waals surface area (Å²) in [4.78, 5) is 15.8. The first-order valence-corrected chi connectivity index (χ1v) is 13.7. The van der Waals surface area contributed by atoms with Gasteiger partial charge in [-0.15, -0.1) is 0 Å². The molecule has 0 atom stereocenters. The Morgan fingerprint density at radius 3 is 1.69 bits per heavy atom. The van der Waals surface area contributed by atoms with Gasteiger partial charge in [-0.2, -0.15) is 12.6 Å². The normalized spacial score (nSPS) is 11.0. The lowest BCUT2D eigenvalue weighted by atomic mass is 10.1. The summed E-state index contributed by atoms with van der Waals surface area (Å²) in [6, 6.07) is 22.7. The highest BCUT2D eigenvalue weighted by Gasteiger charge is 2.10. The van der Waals surface area contributed by atoms with Crippen molar-refractivity contribution in [2.24, 2.45) is 0 Å². The van der Waals surface area contributed by atoms with Crippen molar-refractivity contribution >= 4 is 34.0 Å². The van der Waals surface area contributed by atoms with Crippen molar-refractivity contribution in [3.63, 3.8) is 0 Å². The number of imidazole rings is 2. The molecule has 0 radical (unpaired) electrons. The smallest absolute Gasteiger partial charge is 0.229 e. The van der Waals surface area contributed by atoms with Gasteiger partial charge in [0.25, 0.3) is 0 Å². The zero-order chi connectivity index (χ0) is 25.7. The molecule has 2 aromatic heterocycles. The Morgan fingerprint density at radius 2 is 1.22 bits per heavy atom. The molecule has 2 heterocycles. The van der Waals surface area contributed by atoms with Gasteiger partial charge in [0.15, 0.2) is 0 Å². The van der Waals surface area contributed by atoms with E-state index in [-0.39, 0.29) is 0 Å². The van der Waals surface area contributed by atoms with Crippen LogP contribution in [0.25, 0.3) is 45.3 Å². The highest BCUT2D eigenvalue weighted by molar-refractivity contribution is 7.92. The Labute approximate surface area is 215 Å². The summed E-state index contributed by atoms with van der Waals surface area (Å²) >= 11 is 3.53. The maximum absolute atomic E-state index is 11.4. The molecule has 0 amide bonds. The highest BCUT2D eigenvalue weighted by Crippen LogP contribution is 2.28. The summed E-state index contributed by atoms with van der Waals surface area (Å²) in [6.07, 6.45) is 6.38. The zero-order valence-electron chi connectivity index (χ0n) is 19.7. The van der Waals surface area contributed by atoms with E-state index in [9.17, 15) is 8.42 Å². The van der Waals surface area contributed by atoms with Gasteiger partial charge in [0, 0.05) is 22.5 Å². The highest BCUT2D eigenvalue weighted by atomic mass is 32.2. The van der Waals surface area contributed by atoms with Gasteiger partial charge in [-0.1, -0.05) is 42.5 Å². The Bertz CT molecular complexity index is 1560. The Hall–Kier alpha value is -4.02. The fourth-order valence-electron chi connectivity index (χ4n) is 3.64. The minimum absolute atomic E-state index is 0.510. The van der Waals surface area contributed by atoms with E-state index in [0.29, 0.717) is 5.69 Å². The van der Waals surface area contributed by atoms with Crippen LogP contribution in [0.5, 0.6) is 0 Å². The number of hydrogen-bond donors (Lipinski definition) is 5. The van der Waals surface area contributed by atoms with Crippen LogP contribution in [0, 0.1) is 0 Å². The number of nitrogens with zero attached hydrogens (tertiary/aromatic N) is 2. The molecule has 5 N–H and O–H groups in total. The van der Waals surface area contributed by atoms with Gasteiger partial charge in [0.2, 0.25) is 10.0 Å². The number of benzene rings is 3. The standard InChI is InChI=1S/C25H22N6O2S.CH4S/c1-34(32,33)31-21-11-7-17(8-12-21)23-15-28-25(30-23)19-4-2-3-18(13-19)24-27-14-22(29-24)16-5-9-20(26)10-6-16;1-2/h2-15,31H,26H2,1H3,(H,27,29)(H,28,30);2H,1H3. The number of aromatic amines is 2. The Kier molecular flexibility index (Phi) is 7.47. The predicted octanol–water partition coefficient (Wildman–Crippen LogP) is 5.30. The number of aromatic nitrogens is 4. The molecule has 0 saturated carbocycles. The van der Waals surface area contributed by atoms with Crippen LogP contribution in [0.4, 0.5) is 11.4 Å². The summed E-state index contributed by atoms with van der Waals surface area (Å²) in [5.41, 5.74) is 12.5. The number of rotatable bonds is 6.